The van der Waals surface area contributed by atoms with E-state index in [1.165, 1.54) is 11.8 Å². The molecule has 0 aliphatic heterocycles. The molecule has 0 aliphatic carbocycles. The lowest BCUT2D eigenvalue weighted by molar-refractivity contribution is -0.120. The summed E-state index contributed by atoms with van der Waals surface area (Å²) >= 11 is 4.66. The van der Waals surface area contributed by atoms with E-state index in [9.17, 15) is 4.79 Å². The molecule has 0 radical (unpaired) electrons. The first-order valence-electron chi connectivity index (χ1n) is 6.64. The lowest BCUT2D eigenvalue weighted by Crippen LogP contribution is -2.31. The summed E-state index contributed by atoms with van der Waals surface area (Å²) in [5.41, 5.74) is 0.840. The first-order valence-corrected chi connectivity index (χ1v) is 8.31. The predicted molar refractivity (Wildman–Crippen MR) is 86.1 cm³/mol. The molecular formula is C14H16BrN3O2S. The normalized spacial score (nSPS) is 12.1. The molecule has 1 aromatic heterocycles. The van der Waals surface area contributed by atoms with Crippen molar-refractivity contribution >= 4 is 33.6 Å². The van der Waals surface area contributed by atoms with Gasteiger partial charge in [0.05, 0.1) is 5.25 Å². The molecular weight excluding hydrogens is 354 g/mol. The zero-order valence-corrected chi connectivity index (χ0v) is 14.2. The number of carbonyl (C=O) groups is 1. The number of carbonyl (C=O) groups excluding carboxylic acids is 1. The minimum Gasteiger partial charge on any atom is -0.411 e. The number of rotatable bonds is 6. The van der Waals surface area contributed by atoms with Crippen LogP contribution in [0.2, 0.25) is 0 Å². The van der Waals surface area contributed by atoms with Crippen molar-refractivity contribution in [2.45, 2.75) is 30.7 Å². The number of thioether (sulfide) groups is 1. The van der Waals surface area contributed by atoms with Crippen molar-refractivity contribution in [3.63, 3.8) is 0 Å². The van der Waals surface area contributed by atoms with Crippen molar-refractivity contribution in [3.8, 4) is 11.5 Å². The third-order valence-electron chi connectivity index (χ3n) is 2.67. The third kappa shape index (κ3) is 4.57. The molecule has 0 saturated heterocycles. The molecule has 0 bridgehead atoms. The second-order valence-corrected chi connectivity index (χ2v) is 6.64. The smallest absolute Gasteiger partial charge is 0.277 e. The first-order chi connectivity index (χ1) is 10.1. The van der Waals surface area contributed by atoms with Gasteiger partial charge in [0.2, 0.25) is 11.8 Å². The number of hydrogen-bond acceptors (Lipinski definition) is 5. The number of nitrogens with one attached hydrogen (secondary N) is 1. The minimum absolute atomic E-state index is 0.0240. The van der Waals surface area contributed by atoms with Crippen molar-refractivity contribution in [1.82, 2.24) is 15.5 Å². The quantitative estimate of drug-likeness (QED) is 0.789. The van der Waals surface area contributed by atoms with E-state index in [0.717, 1.165) is 16.5 Å². The molecule has 1 amide bonds. The van der Waals surface area contributed by atoms with Crippen molar-refractivity contribution in [2.75, 3.05) is 6.54 Å². The molecule has 0 unspecified atom stereocenters. The van der Waals surface area contributed by atoms with E-state index in [1.807, 2.05) is 38.1 Å². The topological polar surface area (TPSA) is 68.0 Å². The largest absolute Gasteiger partial charge is 0.411 e. The Labute approximate surface area is 136 Å². The van der Waals surface area contributed by atoms with E-state index >= 15 is 0 Å². The fraction of sp³-hybridized carbons (Fsp3) is 0.357. The Balaban J connectivity index is 2.01. The van der Waals surface area contributed by atoms with Gasteiger partial charge in [-0.15, -0.1) is 10.2 Å². The SMILES string of the molecule is CCCNC(=O)[C@@H](C)Sc1nnc(-c2cccc(Br)c2)o1. The summed E-state index contributed by atoms with van der Waals surface area (Å²) in [4.78, 5) is 11.8. The maximum absolute atomic E-state index is 11.8. The van der Waals surface area contributed by atoms with Crippen LogP contribution in [0.3, 0.4) is 0 Å². The molecule has 5 nitrogen and oxygen atoms in total. The van der Waals surface area contributed by atoms with Crippen LogP contribution in [0.25, 0.3) is 11.5 Å². The van der Waals surface area contributed by atoms with E-state index in [4.69, 9.17) is 4.42 Å². The molecule has 112 valence electrons. The Bertz CT molecular complexity index is 618. The molecule has 1 heterocycles. The molecule has 0 saturated carbocycles. The summed E-state index contributed by atoms with van der Waals surface area (Å²) in [5, 5.41) is 11.0. The lowest BCUT2D eigenvalue weighted by Gasteiger charge is -2.08. The van der Waals surface area contributed by atoms with E-state index < -0.39 is 0 Å². The Morgan fingerprint density at radius 2 is 2.29 bits per heavy atom. The summed E-state index contributed by atoms with van der Waals surface area (Å²) in [7, 11) is 0. The number of aromatic nitrogens is 2. The Kier molecular flexibility index (Phi) is 5.81. The molecule has 0 aliphatic rings. The van der Waals surface area contributed by atoms with Crippen LogP contribution in [0, 0.1) is 0 Å². The van der Waals surface area contributed by atoms with Gasteiger partial charge >= 0.3 is 0 Å². The fourth-order valence-electron chi connectivity index (χ4n) is 1.59. The highest BCUT2D eigenvalue weighted by molar-refractivity contribution is 9.10. The Morgan fingerprint density at radius 1 is 1.48 bits per heavy atom. The van der Waals surface area contributed by atoms with Gasteiger partial charge in [-0.25, -0.2) is 0 Å². The maximum atomic E-state index is 11.8. The van der Waals surface area contributed by atoms with Gasteiger partial charge < -0.3 is 9.73 Å². The highest BCUT2D eigenvalue weighted by Gasteiger charge is 2.18. The van der Waals surface area contributed by atoms with Gasteiger partial charge in [-0.2, -0.15) is 0 Å². The minimum atomic E-state index is -0.271. The molecule has 2 aromatic rings. The van der Waals surface area contributed by atoms with Crippen LogP contribution in [0.5, 0.6) is 0 Å². The van der Waals surface area contributed by atoms with E-state index in [2.05, 4.69) is 31.4 Å². The second-order valence-electron chi connectivity index (χ2n) is 4.43. The van der Waals surface area contributed by atoms with Crippen molar-refractivity contribution < 1.29 is 9.21 Å². The average Bonchev–Trinajstić information content (AvgIpc) is 2.93. The first kappa shape index (κ1) is 16.0. The highest BCUT2D eigenvalue weighted by Crippen LogP contribution is 2.27. The van der Waals surface area contributed by atoms with Gasteiger partial charge in [0.1, 0.15) is 0 Å². The number of benzene rings is 1. The zero-order valence-electron chi connectivity index (χ0n) is 11.8. The number of hydrogen-bond donors (Lipinski definition) is 1. The monoisotopic (exact) mass is 369 g/mol. The number of amides is 1. The van der Waals surface area contributed by atoms with E-state index in [0.29, 0.717) is 17.7 Å². The maximum Gasteiger partial charge on any atom is 0.277 e. The van der Waals surface area contributed by atoms with E-state index in [-0.39, 0.29) is 11.2 Å². The predicted octanol–water partition coefficient (Wildman–Crippen LogP) is 3.51. The van der Waals surface area contributed by atoms with Gasteiger partial charge in [-0.05, 0) is 31.5 Å². The fourth-order valence-corrected chi connectivity index (χ4v) is 2.70. The third-order valence-corrected chi connectivity index (χ3v) is 4.10. The summed E-state index contributed by atoms with van der Waals surface area (Å²) in [6.45, 7) is 4.51. The van der Waals surface area contributed by atoms with Gasteiger partial charge in [0.25, 0.3) is 5.22 Å². The molecule has 21 heavy (non-hydrogen) atoms. The van der Waals surface area contributed by atoms with E-state index in [1.54, 1.807) is 0 Å². The molecule has 2 rings (SSSR count). The standard InChI is InChI=1S/C14H16BrN3O2S/c1-3-7-16-12(19)9(2)21-14-18-17-13(20-14)10-5-4-6-11(15)8-10/h4-6,8-9H,3,7H2,1-2H3,(H,16,19)/t9-/m1/s1. The molecule has 1 N–H and O–H groups in total. The summed E-state index contributed by atoms with van der Waals surface area (Å²) in [6, 6.07) is 7.62. The summed E-state index contributed by atoms with van der Waals surface area (Å²) in [6.07, 6.45) is 0.913. The van der Waals surface area contributed by atoms with Gasteiger partial charge in [0.15, 0.2) is 0 Å². The van der Waals surface area contributed by atoms with Crippen LogP contribution in [0.4, 0.5) is 0 Å². The van der Waals surface area contributed by atoms with Crippen molar-refractivity contribution in [3.05, 3.63) is 28.7 Å². The molecule has 1 atom stereocenters. The van der Waals surface area contributed by atoms with Crippen LogP contribution in [0.15, 0.2) is 38.4 Å². The van der Waals surface area contributed by atoms with Crippen molar-refractivity contribution in [1.29, 1.82) is 0 Å². The number of nitrogens with zero attached hydrogens (tertiary/aromatic N) is 2. The van der Waals surface area contributed by atoms with Crippen LogP contribution in [0.1, 0.15) is 20.3 Å². The zero-order chi connectivity index (χ0) is 15.2. The van der Waals surface area contributed by atoms with Gasteiger partial charge in [-0.1, -0.05) is 40.7 Å². The summed E-state index contributed by atoms with van der Waals surface area (Å²) < 4.78 is 6.53. The molecule has 0 spiro atoms. The Hall–Kier alpha value is -1.34. The van der Waals surface area contributed by atoms with Gasteiger partial charge in [-0.3, -0.25) is 4.79 Å². The average molecular weight is 370 g/mol. The second kappa shape index (κ2) is 7.61. The van der Waals surface area contributed by atoms with Crippen LogP contribution < -0.4 is 5.32 Å². The molecule has 1 aromatic carbocycles. The van der Waals surface area contributed by atoms with Crippen molar-refractivity contribution in [2.24, 2.45) is 0 Å². The lowest BCUT2D eigenvalue weighted by atomic mass is 10.2. The summed E-state index contributed by atoms with van der Waals surface area (Å²) in [5.74, 6) is 0.420. The Morgan fingerprint density at radius 3 is 3.00 bits per heavy atom. The molecule has 7 heteroatoms. The van der Waals surface area contributed by atoms with Crippen LogP contribution in [-0.2, 0) is 4.79 Å². The highest BCUT2D eigenvalue weighted by atomic mass is 79.9. The number of halogens is 1. The van der Waals surface area contributed by atoms with Gasteiger partial charge in [0, 0.05) is 16.6 Å². The molecule has 0 fully saturated rings. The van der Waals surface area contributed by atoms with Crippen LogP contribution in [-0.4, -0.2) is 27.9 Å². The van der Waals surface area contributed by atoms with Crippen LogP contribution >= 0.6 is 27.7 Å².